The molecule has 0 aliphatic rings. The molecule has 0 aliphatic carbocycles. The fourth-order valence-electron chi connectivity index (χ4n) is 2.92. The van der Waals surface area contributed by atoms with Crippen LogP contribution in [0.25, 0.3) is 0 Å². The van der Waals surface area contributed by atoms with E-state index < -0.39 is 0 Å². The summed E-state index contributed by atoms with van der Waals surface area (Å²) in [4.78, 5) is 0.0425. The molecule has 0 rings (SSSR count). The number of halogens is 1. The molecule has 0 aromatic carbocycles. The minimum Gasteiger partial charge on any atom is -0.120 e. The van der Waals surface area contributed by atoms with Crippen LogP contribution in [0.5, 0.6) is 0 Å². The SMILES string of the molecule is CCCCCCCC/C=C/CCCCCCCCC(C)(Cl)CC. The monoisotopic (exact) mass is 342 g/mol. The van der Waals surface area contributed by atoms with Crippen LogP contribution in [0.3, 0.4) is 0 Å². The van der Waals surface area contributed by atoms with Crippen LogP contribution < -0.4 is 0 Å². The van der Waals surface area contributed by atoms with Crippen LogP contribution in [0.2, 0.25) is 0 Å². The van der Waals surface area contributed by atoms with E-state index in [2.05, 4.69) is 32.9 Å². The first-order chi connectivity index (χ1) is 11.1. The Morgan fingerprint density at radius 1 is 0.652 bits per heavy atom. The summed E-state index contributed by atoms with van der Waals surface area (Å²) in [6, 6.07) is 0. The van der Waals surface area contributed by atoms with Crippen LogP contribution in [0, 0.1) is 0 Å². The Hall–Kier alpha value is 0.0300. The lowest BCUT2D eigenvalue weighted by Gasteiger charge is -2.19. The van der Waals surface area contributed by atoms with Crippen LogP contribution in [0.4, 0.5) is 0 Å². The third-order valence-electron chi connectivity index (χ3n) is 4.95. The number of hydrogen-bond acceptors (Lipinski definition) is 0. The lowest BCUT2D eigenvalue weighted by molar-refractivity contribution is 0.499. The van der Waals surface area contributed by atoms with E-state index in [1.54, 1.807) is 0 Å². The second-order valence-corrected chi connectivity index (χ2v) is 8.37. The van der Waals surface area contributed by atoms with E-state index in [1.807, 2.05) is 0 Å². The molecule has 0 saturated heterocycles. The summed E-state index contributed by atoms with van der Waals surface area (Å²) in [6.07, 6.45) is 26.3. The van der Waals surface area contributed by atoms with Crippen molar-refractivity contribution in [3.63, 3.8) is 0 Å². The minimum atomic E-state index is 0.0425. The number of unbranched alkanes of at least 4 members (excludes halogenated alkanes) is 12. The predicted molar refractivity (Wildman–Crippen MR) is 109 cm³/mol. The molecule has 0 bridgehead atoms. The second kappa shape index (κ2) is 16.9. The van der Waals surface area contributed by atoms with Crippen molar-refractivity contribution in [2.24, 2.45) is 0 Å². The molecule has 138 valence electrons. The average molecular weight is 343 g/mol. The van der Waals surface area contributed by atoms with Gasteiger partial charge in [0.05, 0.1) is 0 Å². The highest BCUT2D eigenvalue weighted by atomic mass is 35.5. The van der Waals surface area contributed by atoms with E-state index in [0.29, 0.717) is 0 Å². The zero-order chi connectivity index (χ0) is 17.2. The summed E-state index contributed by atoms with van der Waals surface area (Å²) in [6.45, 7) is 6.64. The van der Waals surface area contributed by atoms with E-state index in [0.717, 1.165) is 6.42 Å². The normalized spacial score (nSPS) is 14.4. The fraction of sp³-hybridized carbons (Fsp3) is 0.909. The van der Waals surface area contributed by atoms with E-state index >= 15 is 0 Å². The Kier molecular flexibility index (Phi) is 16.9. The van der Waals surface area contributed by atoms with Gasteiger partial charge in [0.25, 0.3) is 0 Å². The summed E-state index contributed by atoms with van der Waals surface area (Å²) < 4.78 is 0. The van der Waals surface area contributed by atoms with Crippen molar-refractivity contribution < 1.29 is 0 Å². The quantitative estimate of drug-likeness (QED) is 0.141. The first-order valence-corrected chi connectivity index (χ1v) is 10.8. The van der Waals surface area contributed by atoms with Crippen LogP contribution in [0.1, 0.15) is 124 Å². The van der Waals surface area contributed by atoms with Crippen LogP contribution in [-0.4, -0.2) is 4.87 Å². The first-order valence-electron chi connectivity index (χ1n) is 10.5. The van der Waals surface area contributed by atoms with Crippen molar-refractivity contribution in [1.29, 1.82) is 0 Å². The molecular formula is C22H43Cl. The molecule has 0 fully saturated rings. The molecule has 0 spiro atoms. The van der Waals surface area contributed by atoms with E-state index in [-0.39, 0.29) is 4.87 Å². The lowest BCUT2D eigenvalue weighted by Crippen LogP contribution is -2.13. The molecule has 0 aromatic rings. The Morgan fingerprint density at radius 3 is 1.57 bits per heavy atom. The van der Waals surface area contributed by atoms with Crippen molar-refractivity contribution in [2.45, 2.75) is 128 Å². The highest BCUT2D eigenvalue weighted by Gasteiger charge is 2.16. The zero-order valence-electron chi connectivity index (χ0n) is 16.3. The maximum absolute atomic E-state index is 6.38. The molecule has 0 N–H and O–H groups in total. The van der Waals surface area contributed by atoms with Gasteiger partial charge in [0.1, 0.15) is 0 Å². The summed E-state index contributed by atoms with van der Waals surface area (Å²) in [5, 5.41) is 0. The molecule has 23 heavy (non-hydrogen) atoms. The summed E-state index contributed by atoms with van der Waals surface area (Å²) in [7, 11) is 0. The van der Waals surface area contributed by atoms with Gasteiger partial charge in [-0.1, -0.05) is 90.2 Å². The summed E-state index contributed by atoms with van der Waals surface area (Å²) in [5.41, 5.74) is 0. The molecule has 1 unspecified atom stereocenters. The van der Waals surface area contributed by atoms with Gasteiger partial charge in [-0.2, -0.15) is 0 Å². The summed E-state index contributed by atoms with van der Waals surface area (Å²) >= 11 is 6.38. The molecule has 1 atom stereocenters. The average Bonchev–Trinajstić information content (AvgIpc) is 2.54. The molecule has 0 aromatic heterocycles. The van der Waals surface area contributed by atoms with Gasteiger partial charge in [-0.3, -0.25) is 0 Å². The third-order valence-corrected chi connectivity index (χ3v) is 5.40. The Labute approximate surface area is 152 Å². The summed E-state index contributed by atoms with van der Waals surface area (Å²) in [5.74, 6) is 0. The largest absolute Gasteiger partial charge is 0.120 e. The first kappa shape index (κ1) is 23.0. The van der Waals surface area contributed by atoms with Crippen molar-refractivity contribution in [3.05, 3.63) is 12.2 Å². The van der Waals surface area contributed by atoms with E-state index in [1.165, 1.54) is 96.3 Å². The van der Waals surface area contributed by atoms with Crippen molar-refractivity contribution in [1.82, 2.24) is 0 Å². The minimum absolute atomic E-state index is 0.0425. The highest BCUT2D eigenvalue weighted by Crippen LogP contribution is 2.26. The third kappa shape index (κ3) is 18.2. The standard InChI is InChI=1S/C22H43Cl/c1-4-6-7-8-9-10-11-12-13-14-15-16-17-18-19-20-21-22(3,23)5-2/h12-13H,4-11,14-21H2,1-3H3/b13-12+. The Balaban J connectivity index is 3.16. The van der Waals surface area contributed by atoms with Gasteiger partial charge in [0.15, 0.2) is 0 Å². The van der Waals surface area contributed by atoms with Crippen molar-refractivity contribution in [2.75, 3.05) is 0 Å². The predicted octanol–water partition coefficient (Wildman–Crippen LogP) is 8.82. The fourth-order valence-corrected chi connectivity index (χ4v) is 3.05. The van der Waals surface area contributed by atoms with Crippen LogP contribution in [0.15, 0.2) is 12.2 Å². The van der Waals surface area contributed by atoms with Crippen LogP contribution >= 0.6 is 11.6 Å². The van der Waals surface area contributed by atoms with Gasteiger partial charge >= 0.3 is 0 Å². The van der Waals surface area contributed by atoms with Gasteiger partial charge in [-0.25, -0.2) is 0 Å². The van der Waals surface area contributed by atoms with Gasteiger partial charge < -0.3 is 0 Å². The molecule has 0 nitrogen and oxygen atoms in total. The molecular weight excluding hydrogens is 300 g/mol. The van der Waals surface area contributed by atoms with E-state index in [9.17, 15) is 0 Å². The number of rotatable bonds is 17. The lowest BCUT2D eigenvalue weighted by atomic mass is 9.99. The maximum Gasteiger partial charge on any atom is 0.0416 e. The molecule has 0 radical (unpaired) electrons. The molecule has 0 saturated carbocycles. The number of alkyl halides is 1. The molecule has 0 amide bonds. The topological polar surface area (TPSA) is 0 Å². The highest BCUT2D eigenvalue weighted by molar-refractivity contribution is 6.23. The Morgan fingerprint density at radius 2 is 1.09 bits per heavy atom. The van der Waals surface area contributed by atoms with Gasteiger partial charge in [-0.15, -0.1) is 11.6 Å². The van der Waals surface area contributed by atoms with E-state index in [4.69, 9.17) is 11.6 Å². The van der Waals surface area contributed by atoms with Gasteiger partial charge in [0, 0.05) is 4.87 Å². The maximum atomic E-state index is 6.38. The molecule has 0 aliphatic heterocycles. The van der Waals surface area contributed by atoms with Crippen molar-refractivity contribution in [3.8, 4) is 0 Å². The Bertz CT molecular complexity index is 255. The van der Waals surface area contributed by atoms with Gasteiger partial charge in [-0.05, 0) is 45.4 Å². The molecule has 1 heteroatoms. The van der Waals surface area contributed by atoms with Crippen LogP contribution in [-0.2, 0) is 0 Å². The zero-order valence-corrected chi connectivity index (χ0v) is 17.1. The molecule has 0 heterocycles. The number of hydrogen-bond donors (Lipinski definition) is 0. The number of allylic oxidation sites excluding steroid dienone is 2. The smallest absolute Gasteiger partial charge is 0.0416 e. The van der Waals surface area contributed by atoms with Gasteiger partial charge in [0.2, 0.25) is 0 Å². The van der Waals surface area contributed by atoms with Crippen molar-refractivity contribution >= 4 is 11.6 Å². The second-order valence-electron chi connectivity index (χ2n) is 7.45.